The number of thiophene rings is 1. The van der Waals surface area contributed by atoms with Crippen molar-refractivity contribution in [2.24, 2.45) is 5.92 Å². The molecule has 0 amide bonds. The number of piperidine rings is 1. The minimum atomic E-state index is 0.148. The third-order valence-corrected chi connectivity index (χ3v) is 6.84. The molecule has 0 N–H and O–H groups in total. The summed E-state index contributed by atoms with van der Waals surface area (Å²) in [4.78, 5) is 3.48. The molecule has 0 saturated carbocycles. The first-order chi connectivity index (χ1) is 14.7. The Hall–Kier alpha value is -2.38. The Morgan fingerprint density at radius 3 is 2.50 bits per heavy atom. The van der Waals surface area contributed by atoms with Gasteiger partial charge in [0.25, 0.3) is 5.89 Å². The van der Waals surface area contributed by atoms with E-state index in [0.717, 1.165) is 41.8 Å². The first-order valence-electron chi connectivity index (χ1n) is 10.5. The van der Waals surface area contributed by atoms with E-state index in [9.17, 15) is 0 Å². The van der Waals surface area contributed by atoms with Gasteiger partial charge in [-0.2, -0.15) is 0 Å². The van der Waals surface area contributed by atoms with Crippen LogP contribution in [0.2, 0.25) is 0 Å². The lowest BCUT2D eigenvalue weighted by Crippen LogP contribution is -2.36. The summed E-state index contributed by atoms with van der Waals surface area (Å²) in [6.45, 7) is 4.28. The Labute approximate surface area is 181 Å². The molecule has 30 heavy (non-hydrogen) atoms. The average Bonchev–Trinajstić information content (AvgIpc) is 3.49. The van der Waals surface area contributed by atoms with Gasteiger partial charge >= 0.3 is 0 Å². The van der Waals surface area contributed by atoms with Crippen LogP contribution in [0.3, 0.4) is 0 Å². The molecular weight excluding hydrogens is 398 g/mol. The van der Waals surface area contributed by atoms with E-state index in [4.69, 9.17) is 13.9 Å². The zero-order chi connectivity index (χ0) is 20.9. The van der Waals surface area contributed by atoms with Gasteiger partial charge in [-0.25, -0.2) is 0 Å². The summed E-state index contributed by atoms with van der Waals surface area (Å²) in [7, 11) is 3.39. The molecule has 3 aromatic rings. The third kappa shape index (κ3) is 4.84. The van der Waals surface area contributed by atoms with Gasteiger partial charge in [-0.1, -0.05) is 6.07 Å². The third-order valence-electron chi connectivity index (χ3n) is 5.98. The second-order valence-corrected chi connectivity index (χ2v) is 8.79. The molecule has 1 aliphatic rings. The van der Waals surface area contributed by atoms with E-state index in [-0.39, 0.29) is 6.04 Å². The van der Waals surface area contributed by atoms with Gasteiger partial charge in [-0.15, -0.1) is 21.5 Å². The minimum Gasteiger partial charge on any atom is -0.497 e. The standard InChI is InChI=1S/C23H29N3O3S/c1-16(22-24-25-23(29-22)21-5-4-12-30-21)26-10-8-17(9-11-26)6-7-18-13-19(27-2)15-20(14-18)28-3/h4-5,12-17H,6-11H2,1-3H3/t16-/m0/s1. The van der Waals surface area contributed by atoms with E-state index in [2.05, 4.69) is 34.2 Å². The summed E-state index contributed by atoms with van der Waals surface area (Å²) in [5.74, 6) is 3.77. The fourth-order valence-corrected chi connectivity index (χ4v) is 4.71. The molecule has 0 unspecified atom stereocenters. The SMILES string of the molecule is COc1cc(CCC2CCN([C@@H](C)c3nnc(-c4cccs4)o3)CC2)cc(OC)c1. The Morgan fingerprint density at radius 2 is 1.87 bits per heavy atom. The fraction of sp³-hybridized carbons (Fsp3) is 0.478. The van der Waals surface area contributed by atoms with E-state index < -0.39 is 0 Å². The maximum absolute atomic E-state index is 5.94. The van der Waals surface area contributed by atoms with Crippen molar-refractivity contribution in [2.75, 3.05) is 27.3 Å². The van der Waals surface area contributed by atoms with Gasteiger partial charge in [-0.05, 0) is 80.8 Å². The van der Waals surface area contributed by atoms with Crippen molar-refractivity contribution in [3.05, 3.63) is 47.2 Å². The molecule has 1 saturated heterocycles. The van der Waals surface area contributed by atoms with E-state index in [1.807, 2.05) is 23.6 Å². The molecule has 3 heterocycles. The number of ether oxygens (including phenoxy) is 2. The van der Waals surface area contributed by atoms with Crippen molar-refractivity contribution in [1.82, 2.24) is 15.1 Å². The summed E-state index contributed by atoms with van der Waals surface area (Å²) in [5.41, 5.74) is 1.27. The van der Waals surface area contributed by atoms with Crippen LogP contribution in [0.15, 0.2) is 40.1 Å². The van der Waals surface area contributed by atoms with Crippen LogP contribution < -0.4 is 9.47 Å². The molecule has 1 fully saturated rings. The first-order valence-corrected chi connectivity index (χ1v) is 11.4. The molecule has 0 bridgehead atoms. The van der Waals surface area contributed by atoms with E-state index >= 15 is 0 Å². The maximum Gasteiger partial charge on any atom is 0.257 e. The number of methoxy groups -OCH3 is 2. The number of hydrogen-bond donors (Lipinski definition) is 0. The predicted molar refractivity (Wildman–Crippen MR) is 118 cm³/mol. The highest BCUT2D eigenvalue weighted by molar-refractivity contribution is 7.13. The van der Waals surface area contributed by atoms with Gasteiger partial charge in [0.2, 0.25) is 5.89 Å². The van der Waals surface area contributed by atoms with Crippen LogP contribution in [0.5, 0.6) is 11.5 Å². The molecule has 1 atom stereocenters. The van der Waals surface area contributed by atoms with Crippen molar-refractivity contribution in [2.45, 2.75) is 38.6 Å². The quantitative estimate of drug-likeness (QED) is 0.491. The smallest absolute Gasteiger partial charge is 0.257 e. The molecule has 2 aromatic heterocycles. The van der Waals surface area contributed by atoms with Crippen LogP contribution in [0.25, 0.3) is 10.8 Å². The monoisotopic (exact) mass is 427 g/mol. The predicted octanol–water partition coefficient (Wildman–Crippen LogP) is 5.22. The van der Waals surface area contributed by atoms with Crippen LogP contribution >= 0.6 is 11.3 Å². The normalized spacial score (nSPS) is 16.5. The summed E-state index contributed by atoms with van der Waals surface area (Å²) in [6, 6.07) is 10.3. The number of likely N-dealkylation sites (tertiary alicyclic amines) is 1. The van der Waals surface area contributed by atoms with Crippen molar-refractivity contribution >= 4 is 11.3 Å². The van der Waals surface area contributed by atoms with Crippen LogP contribution in [-0.4, -0.2) is 42.4 Å². The lowest BCUT2D eigenvalue weighted by Gasteiger charge is -2.34. The summed E-state index contributed by atoms with van der Waals surface area (Å²) >= 11 is 1.62. The molecule has 0 aliphatic carbocycles. The zero-order valence-electron chi connectivity index (χ0n) is 17.8. The molecule has 7 heteroatoms. The Balaban J connectivity index is 1.29. The second-order valence-electron chi connectivity index (χ2n) is 7.84. The molecule has 0 spiro atoms. The van der Waals surface area contributed by atoms with Crippen LogP contribution in [0.1, 0.15) is 43.7 Å². The zero-order valence-corrected chi connectivity index (χ0v) is 18.7. The number of rotatable bonds is 8. The van der Waals surface area contributed by atoms with Crippen molar-refractivity contribution in [3.63, 3.8) is 0 Å². The number of benzene rings is 1. The molecule has 1 aromatic carbocycles. The number of aromatic nitrogens is 2. The van der Waals surface area contributed by atoms with Gasteiger partial charge in [0, 0.05) is 6.07 Å². The van der Waals surface area contributed by atoms with Gasteiger partial charge in [-0.3, -0.25) is 4.90 Å². The highest BCUT2D eigenvalue weighted by Gasteiger charge is 2.27. The minimum absolute atomic E-state index is 0.148. The van der Waals surface area contributed by atoms with Gasteiger partial charge in [0.05, 0.1) is 25.1 Å². The maximum atomic E-state index is 5.94. The first kappa shape index (κ1) is 20.9. The number of nitrogens with zero attached hydrogens (tertiary/aromatic N) is 3. The van der Waals surface area contributed by atoms with Crippen molar-refractivity contribution in [3.8, 4) is 22.3 Å². The van der Waals surface area contributed by atoms with E-state index in [0.29, 0.717) is 11.8 Å². The molecule has 1 aliphatic heterocycles. The molecule has 0 radical (unpaired) electrons. The van der Waals surface area contributed by atoms with Crippen molar-refractivity contribution in [1.29, 1.82) is 0 Å². The van der Waals surface area contributed by atoms with E-state index in [1.54, 1.807) is 25.6 Å². The Bertz CT molecular complexity index is 911. The Morgan fingerprint density at radius 1 is 1.13 bits per heavy atom. The molecule has 160 valence electrons. The molecule has 6 nitrogen and oxygen atoms in total. The van der Waals surface area contributed by atoms with Crippen molar-refractivity contribution < 1.29 is 13.9 Å². The van der Waals surface area contributed by atoms with E-state index in [1.165, 1.54) is 24.8 Å². The van der Waals surface area contributed by atoms with Crippen LogP contribution in [0, 0.1) is 5.92 Å². The lowest BCUT2D eigenvalue weighted by molar-refractivity contribution is 0.122. The van der Waals surface area contributed by atoms with Crippen LogP contribution in [-0.2, 0) is 6.42 Å². The highest BCUT2D eigenvalue weighted by atomic mass is 32.1. The summed E-state index contributed by atoms with van der Waals surface area (Å²) < 4.78 is 16.7. The fourth-order valence-electron chi connectivity index (χ4n) is 4.07. The van der Waals surface area contributed by atoms with Gasteiger partial charge in [0.1, 0.15) is 11.5 Å². The van der Waals surface area contributed by atoms with Crippen LogP contribution in [0.4, 0.5) is 0 Å². The van der Waals surface area contributed by atoms with Gasteiger partial charge < -0.3 is 13.9 Å². The number of aryl methyl sites for hydroxylation is 1. The number of hydrogen-bond acceptors (Lipinski definition) is 7. The summed E-state index contributed by atoms with van der Waals surface area (Å²) in [6.07, 6.45) is 4.61. The second kappa shape index (κ2) is 9.62. The summed E-state index contributed by atoms with van der Waals surface area (Å²) in [5, 5.41) is 10.5. The average molecular weight is 428 g/mol. The Kier molecular flexibility index (Phi) is 6.69. The molecular formula is C23H29N3O3S. The topological polar surface area (TPSA) is 60.6 Å². The largest absolute Gasteiger partial charge is 0.497 e. The highest BCUT2D eigenvalue weighted by Crippen LogP contribution is 2.31. The lowest BCUT2D eigenvalue weighted by atomic mass is 9.90. The molecule has 4 rings (SSSR count). The van der Waals surface area contributed by atoms with Gasteiger partial charge in [0.15, 0.2) is 0 Å².